The monoisotopic (exact) mass is 445 g/mol. The number of carbonyl (C=O) groups excluding carboxylic acids is 1. The van der Waals surface area contributed by atoms with Crippen LogP contribution in [0.15, 0.2) is 59.7 Å². The molecule has 0 radical (unpaired) electrons. The Kier molecular flexibility index (Phi) is 6.87. The lowest BCUT2D eigenvalue weighted by atomic mass is 10.0. The van der Waals surface area contributed by atoms with Crippen molar-refractivity contribution in [3.63, 3.8) is 0 Å². The summed E-state index contributed by atoms with van der Waals surface area (Å²) in [5.41, 5.74) is 3.48. The van der Waals surface area contributed by atoms with Gasteiger partial charge in [0.2, 0.25) is 0 Å². The van der Waals surface area contributed by atoms with Gasteiger partial charge in [-0.15, -0.1) is 14.9 Å². The first kappa shape index (κ1) is 22.3. The highest BCUT2D eigenvalue weighted by Crippen LogP contribution is 2.26. The summed E-state index contributed by atoms with van der Waals surface area (Å²) in [4.78, 5) is 25.3. The van der Waals surface area contributed by atoms with E-state index < -0.39 is 0 Å². The van der Waals surface area contributed by atoms with Crippen molar-refractivity contribution in [3.8, 4) is 16.8 Å². The number of unbranched alkanes of at least 4 members (excludes halogenated alkanes) is 1. The zero-order chi connectivity index (χ0) is 23.2. The van der Waals surface area contributed by atoms with E-state index in [1.54, 1.807) is 15.6 Å². The lowest BCUT2D eigenvalue weighted by Crippen LogP contribution is -2.30. The number of rotatable bonds is 9. The predicted molar refractivity (Wildman–Crippen MR) is 124 cm³/mol. The van der Waals surface area contributed by atoms with E-state index in [1.807, 2.05) is 55.5 Å². The van der Waals surface area contributed by atoms with Gasteiger partial charge in [0.25, 0.3) is 5.91 Å². The lowest BCUT2D eigenvalue weighted by molar-refractivity contribution is 0.0880. The zero-order valence-corrected chi connectivity index (χ0v) is 18.9. The number of benzene rings is 2. The minimum atomic E-state index is -0.368. The topological polar surface area (TPSA) is 100 Å². The normalized spacial score (nSPS) is 11.1. The molecule has 0 spiro atoms. The number of carbonyl (C=O) groups is 1. The summed E-state index contributed by atoms with van der Waals surface area (Å²) in [5, 5.41) is 15.8. The maximum absolute atomic E-state index is 13.0. The minimum Gasteiger partial charge on any atom is -0.274 e. The molecule has 9 heteroatoms. The Balaban J connectivity index is 1.63. The second-order valence-corrected chi connectivity index (χ2v) is 7.91. The Morgan fingerprint density at radius 2 is 1.79 bits per heavy atom. The number of tetrazole rings is 1. The summed E-state index contributed by atoms with van der Waals surface area (Å²) in [6.07, 6.45) is 5.10. The molecule has 0 fully saturated rings. The van der Waals surface area contributed by atoms with Crippen LogP contribution >= 0.6 is 0 Å². The van der Waals surface area contributed by atoms with Crippen LogP contribution in [0.3, 0.4) is 0 Å². The van der Waals surface area contributed by atoms with Crippen LogP contribution in [-0.4, -0.2) is 40.5 Å². The average Bonchev–Trinajstić information content (AvgIpc) is 3.48. The van der Waals surface area contributed by atoms with Crippen molar-refractivity contribution in [3.05, 3.63) is 76.7 Å². The van der Waals surface area contributed by atoms with Crippen LogP contribution in [0.1, 0.15) is 55.7 Å². The van der Waals surface area contributed by atoms with Gasteiger partial charge in [-0.3, -0.25) is 9.36 Å². The molecule has 2 aromatic carbocycles. The molecule has 0 amide bonds. The van der Waals surface area contributed by atoms with E-state index >= 15 is 0 Å². The Morgan fingerprint density at radius 3 is 2.48 bits per heavy atom. The van der Waals surface area contributed by atoms with Gasteiger partial charge >= 0.3 is 5.69 Å². The Morgan fingerprint density at radius 1 is 1.00 bits per heavy atom. The maximum atomic E-state index is 13.0. The zero-order valence-electron chi connectivity index (χ0n) is 18.9. The van der Waals surface area contributed by atoms with Gasteiger partial charge < -0.3 is 0 Å². The molecule has 0 saturated heterocycles. The molecule has 33 heavy (non-hydrogen) atoms. The van der Waals surface area contributed by atoms with Gasteiger partial charge in [-0.1, -0.05) is 62.7 Å². The first-order chi connectivity index (χ1) is 16.1. The first-order valence-corrected chi connectivity index (χ1v) is 11.3. The van der Waals surface area contributed by atoms with E-state index in [2.05, 4.69) is 27.5 Å². The van der Waals surface area contributed by atoms with Crippen molar-refractivity contribution in [2.45, 2.75) is 52.5 Å². The van der Waals surface area contributed by atoms with Crippen molar-refractivity contribution >= 4 is 5.91 Å². The molecule has 170 valence electrons. The molecule has 0 aliphatic rings. The number of aryl methyl sites for hydroxylation is 1. The molecule has 0 aliphatic carbocycles. The van der Waals surface area contributed by atoms with Gasteiger partial charge in [0.1, 0.15) is 12.2 Å². The summed E-state index contributed by atoms with van der Waals surface area (Å²) in [6, 6.07) is 15.9. The molecule has 4 rings (SSSR count). The van der Waals surface area contributed by atoms with E-state index in [9.17, 15) is 9.59 Å². The van der Waals surface area contributed by atoms with Crippen molar-refractivity contribution < 1.29 is 4.79 Å². The highest BCUT2D eigenvalue weighted by molar-refractivity contribution is 5.77. The third-order valence-electron chi connectivity index (χ3n) is 5.50. The number of para-hydroxylation sites is 1. The minimum absolute atomic E-state index is 0.256. The largest absolute Gasteiger partial charge is 0.353 e. The molecule has 0 saturated carbocycles. The molecule has 0 aliphatic heterocycles. The van der Waals surface area contributed by atoms with Crippen molar-refractivity contribution in [1.29, 1.82) is 0 Å². The molecular weight excluding hydrogens is 418 g/mol. The maximum Gasteiger partial charge on any atom is 0.353 e. The summed E-state index contributed by atoms with van der Waals surface area (Å²) in [6.45, 7) is 4.37. The molecule has 2 heterocycles. The smallest absolute Gasteiger partial charge is 0.274 e. The Bertz CT molecular complexity index is 1270. The average molecular weight is 446 g/mol. The highest BCUT2D eigenvalue weighted by atomic mass is 16.2. The fourth-order valence-electron chi connectivity index (χ4n) is 3.76. The molecule has 0 N–H and O–H groups in total. The van der Waals surface area contributed by atoms with Gasteiger partial charge in [-0.25, -0.2) is 4.79 Å². The van der Waals surface area contributed by atoms with E-state index in [1.165, 1.54) is 0 Å². The molecule has 9 nitrogen and oxygen atoms in total. The van der Waals surface area contributed by atoms with Crippen LogP contribution in [0.4, 0.5) is 0 Å². The summed E-state index contributed by atoms with van der Waals surface area (Å²) in [7, 11) is 0. The molecular formula is C24H27N7O2. The molecule has 2 aromatic heterocycles. The van der Waals surface area contributed by atoms with Crippen LogP contribution in [0, 0.1) is 0 Å². The second-order valence-electron chi connectivity index (χ2n) is 7.91. The van der Waals surface area contributed by atoms with E-state index in [-0.39, 0.29) is 11.6 Å². The van der Waals surface area contributed by atoms with Crippen molar-refractivity contribution in [1.82, 2.24) is 34.6 Å². The van der Waals surface area contributed by atoms with Gasteiger partial charge in [-0.05, 0) is 40.5 Å². The highest BCUT2D eigenvalue weighted by Gasteiger charge is 2.18. The summed E-state index contributed by atoms with van der Waals surface area (Å²) in [5.74, 6) is 0.396. The summed E-state index contributed by atoms with van der Waals surface area (Å²) < 4.78 is 4.28. The molecule has 0 unspecified atom stereocenters. The number of hydrogen-bond acceptors (Lipinski definition) is 6. The van der Waals surface area contributed by atoms with E-state index in [0.717, 1.165) is 39.9 Å². The summed E-state index contributed by atoms with van der Waals surface area (Å²) >= 11 is 0. The van der Waals surface area contributed by atoms with Gasteiger partial charge in [0.15, 0.2) is 0 Å². The molecule has 0 atom stereocenters. The van der Waals surface area contributed by atoms with E-state index in [0.29, 0.717) is 31.6 Å². The SMILES string of the molecule is CCCCc1nn(C(=O)CCC)c(=O)n1Cc1ccc(-c2ccccc2-n2cnnn2)cc1. The first-order valence-electron chi connectivity index (χ1n) is 11.3. The Labute approximate surface area is 191 Å². The predicted octanol–water partition coefficient (Wildman–Crippen LogP) is 3.52. The number of hydrogen-bond donors (Lipinski definition) is 0. The lowest BCUT2D eigenvalue weighted by Gasteiger charge is -2.10. The van der Waals surface area contributed by atoms with Gasteiger partial charge in [0.05, 0.1) is 12.2 Å². The third kappa shape index (κ3) is 4.82. The van der Waals surface area contributed by atoms with Crippen molar-refractivity contribution in [2.75, 3.05) is 0 Å². The number of nitrogens with zero attached hydrogens (tertiary/aromatic N) is 7. The van der Waals surface area contributed by atoms with Crippen molar-refractivity contribution in [2.24, 2.45) is 0 Å². The van der Waals surface area contributed by atoms with Crippen LogP contribution in [-0.2, 0) is 13.0 Å². The van der Waals surface area contributed by atoms with Crippen LogP contribution < -0.4 is 5.69 Å². The fourth-order valence-corrected chi connectivity index (χ4v) is 3.76. The fraction of sp³-hybridized carbons (Fsp3) is 0.333. The van der Waals surface area contributed by atoms with Gasteiger partial charge in [0, 0.05) is 18.4 Å². The Hall–Kier alpha value is -3.88. The standard InChI is InChI=1S/C24H27N7O2/c1-3-5-11-22-26-31(23(32)8-4-2)24(33)29(22)16-18-12-14-19(15-13-18)20-9-6-7-10-21(20)30-17-25-27-28-30/h6-7,9-10,12-15,17H,3-5,8,11,16H2,1-2H3. The van der Waals surface area contributed by atoms with Crippen LogP contribution in [0.5, 0.6) is 0 Å². The van der Waals surface area contributed by atoms with Crippen LogP contribution in [0.2, 0.25) is 0 Å². The second kappa shape index (κ2) is 10.2. The third-order valence-corrected chi connectivity index (χ3v) is 5.50. The van der Waals surface area contributed by atoms with Gasteiger partial charge in [-0.2, -0.15) is 4.68 Å². The van der Waals surface area contributed by atoms with Crippen LogP contribution in [0.25, 0.3) is 16.8 Å². The quantitative estimate of drug-likeness (QED) is 0.391. The number of aromatic nitrogens is 7. The molecule has 0 bridgehead atoms. The van der Waals surface area contributed by atoms with E-state index in [4.69, 9.17) is 0 Å². The molecule has 4 aromatic rings.